The fraction of sp³-hybridized carbons (Fsp3) is 0.105. The Kier molecular flexibility index (Phi) is 3.90. The molecule has 0 aliphatic carbocycles. The lowest BCUT2D eigenvalue weighted by atomic mass is 10.1. The summed E-state index contributed by atoms with van der Waals surface area (Å²) >= 11 is 0. The molecule has 0 unspecified atom stereocenters. The van der Waals surface area contributed by atoms with E-state index in [9.17, 15) is 9.90 Å². The molecule has 3 aromatic rings. The Labute approximate surface area is 129 Å². The van der Waals surface area contributed by atoms with Crippen molar-refractivity contribution in [2.45, 2.75) is 13.0 Å². The lowest BCUT2D eigenvalue weighted by Crippen LogP contribution is -2.11. The van der Waals surface area contributed by atoms with E-state index in [1.807, 2.05) is 42.5 Å². The molecule has 0 bridgehead atoms. The molecule has 22 heavy (non-hydrogen) atoms. The molecule has 3 nitrogen and oxygen atoms in total. The molecule has 0 saturated carbocycles. The predicted molar refractivity (Wildman–Crippen MR) is 89.0 cm³/mol. The van der Waals surface area contributed by atoms with E-state index in [4.69, 9.17) is 0 Å². The van der Waals surface area contributed by atoms with Crippen molar-refractivity contribution in [1.82, 2.24) is 0 Å². The molecule has 0 aliphatic rings. The molecule has 0 aliphatic heterocycles. The van der Waals surface area contributed by atoms with Gasteiger partial charge in [0, 0.05) is 11.3 Å². The highest BCUT2D eigenvalue weighted by molar-refractivity contribution is 6.06. The van der Waals surface area contributed by atoms with Gasteiger partial charge in [-0.25, -0.2) is 0 Å². The molecule has 110 valence electrons. The number of benzene rings is 3. The minimum Gasteiger partial charge on any atom is -0.389 e. The van der Waals surface area contributed by atoms with Crippen LogP contribution < -0.4 is 5.32 Å². The maximum absolute atomic E-state index is 12.3. The maximum atomic E-state index is 12.3. The van der Waals surface area contributed by atoms with Crippen LogP contribution in [0.2, 0.25) is 0 Å². The van der Waals surface area contributed by atoms with Crippen LogP contribution in [0.1, 0.15) is 28.9 Å². The summed E-state index contributed by atoms with van der Waals surface area (Å²) in [5.74, 6) is -0.143. The third-order valence-electron chi connectivity index (χ3n) is 3.66. The van der Waals surface area contributed by atoms with E-state index < -0.39 is 6.10 Å². The van der Waals surface area contributed by atoms with Crippen LogP contribution in [0, 0.1) is 0 Å². The van der Waals surface area contributed by atoms with Crippen molar-refractivity contribution >= 4 is 22.4 Å². The van der Waals surface area contributed by atoms with Crippen LogP contribution in [-0.2, 0) is 0 Å². The summed E-state index contributed by atoms with van der Waals surface area (Å²) in [6, 6.07) is 20.8. The third kappa shape index (κ3) is 3.00. The topological polar surface area (TPSA) is 49.3 Å². The maximum Gasteiger partial charge on any atom is 0.255 e. The standard InChI is InChI=1S/C19H17NO2/c1-13(21)14-8-10-18(11-9-14)20-19(22)17-7-6-15-4-2-3-5-16(15)12-17/h2-13,21H,1H3,(H,20,22)/t13-/m0/s1. The Morgan fingerprint density at radius 2 is 1.64 bits per heavy atom. The Hall–Kier alpha value is -2.65. The molecule has 2 N–H and O–H groups in total. The number of aliphatic hydroxyl groups is 1. The second kappa shape index (κ2) is 6.00. The molecule has 0 saturated heterocycles. The first kappa shape index (κ1) is 14.3. The number of nitrogens with one attached hydrogen (secondary N) is 1. The smallest absolute Gasteiger partial charge is 0.255 e. The summed E-state index contributed by atoms with van der Waals surface area (Å²) in [6.07, 6.45) is -0.509. The summed E-state index contributed by atoms with van der Waals surface area (Å²) in [7, 11) is 0. The number of amides is 1. The second-order valence-corrected chi connectivity index (χ2v) is 5.31. The van der Waals surface area contributed by atoms with Gasteiger partial charge in [0.1, 0.15) is 0 Å². The quantitative estimate of drug-likeness (QED) is 0.761. The number of rotatable bonds is 3. The predicted octanol–water partition coefficient (Wildman–Crippen LogP) is 4.15. The van der Waals surface area contributed by atoms with Crippen LogP contribution in [0.15, 0.2) is 66.7 Å². The van der Waals surface area contributed by atoms with Crippen molar-refractivity contribution in [1.29, 1.82) is 0 Å². The van der Waals surface area contributed by atoms with Gasteiger partial charge in [-0.3, -0.25) is 4.79 Å². The zero-order valence-electron chi connectivity index (χ0n) is 12.3. The largest absolute Gasteiger partial charge is 0.389 e. The zero-order chi connectivity index (χ0) is 15.5. The van der Waals surface area contributed by atoms with Gasteiger partial charge in [0.05, 0.1) is 6.10 Å². The van der Waals surface area contributed by atoms with Crippen molar-refractivity contribution in [3.63, 3.8) is 0 Å². The number of carbonyl (C=O) groups excluding carboxylic acids is 1. The molecule has 0 spiro atoms. The molecule has 3 heteroatoms. The van der Waals surface area contributed by atoms with Crippen LogP contribution in [0.3, 0.4) is 0 Å². The van der Waals surface area contributed by atoms with E-state index in [1.54, 1.807) is 31.2 Å². The van der Waals surface area contributed by atoms with Crippen LogP contribution in [0.4, 0.5) is 5.69 Å². The molecule has 1 amide bonds. The third-order valence-corrected chi connectivity index (χ3v) is 3.66. The SMILES string of the molecule is C[C@H](O)c1ccc(NC(=O)c2ccc3ccccc3c2)cc1. The number of aliphatic hydroxyl groups excluding tert-OH is 1. The van der Waals surface area contributed by atoms with Gasteiger partial charge in [0.2, 0.25) is 0 Å². The molecule has 0 heterocycles. The van der Waals surface area contributed by atoms with Gasteiger partial charge < -0.3 is 10.4 Å². The average molecular weight is 291 g/mol. The molecule has 0 aromatic heterocycles. The van der Waals surface area contributed by atoms with Gasteiger partial charge in [-0.05, 0) is 47.5 Å². The number of hydrogen-bond acceptors (Lipinski definition) is 2. The van der Waals surface area contributed by atoms with Gasteiger partial charge >= 0.3 is 0 Å². The van der Waals surface area contributed by atoms with E-state index in [2.05, 4.69) is 5.32 Å². The molecule has 3 rings (SSSR count). The molecule has 1 atom stereocenters. The average Bonchev–Trinajstić information content (AvgIpc) is 2.55. The lowest BCUT2D eigenvalue weighted by molar-refractivity contribution is 0.102. The first-order valence-corrected chi connectivity index (χ1v) is 7.22. The van der Waals surface area contributed by atoms with Crippen LogP contribution >= 0.6 is 0 Å². The molecule has 0 fully saturated rings. The highest BCUT2D eigenvalue weighted by Gasteiger charge is 2.07. The van der Waals surface area contributed by atoms with Gasteiger partial charge in [0.25, 0.3) is 5.91 Å². The van der Waals surface area contributed by atoms with Crippen LogP contribution in [0.5, 0.6) is 0 Å². The van der Waals surface area contributed by atoms with E-state index in [-0.39, 0.29) is 5.91 Å². The highest BCUT2D eigenvalue weighted by atomic mass is 16.3. The monoisotopic (exact) mass is 291 g/mol. The number of fused-ring (bicyclic) bond motifs is 1. The summed E-state index contributed by atoms with van der Waals surface area (Å²) in [5, 5.41) is 14.5. The molecular weight excluding hydrogens is 274 g/mol. The fourth-order valence-electron chi connectivity index (χ4n) is 2.38. The normalized spacial score (nSPS) is 12.1. The van der Waals surface area contributed by atoms with Crippen LogP contribution in [0.25, 0.3) is 10.8 Å². The number of anilines is 1. The van der Waals surface area contributed by atoms with E-state index in [0.29, 0.717) is 11.3 Å². The van der Waals surface area contributed by atoms with Crippen molar-refractivity contribution in [3.05, 3.63) is 77.9 Å². The Bertz CT molecular complexity index is 807. The number of hydrogen-bond donors (Lipinski definition) is 2. The van der Waals surface area contributed by atoms with Crippen molar-refractivity contribution in [2.75, 3.05) is 5.32 Å². The first-order chi connectivity index (χ1) is 10.6. The summed E-state index contributed by atoms with van der Waals surface area (Å²) in [5.41, 5.74) is 2.16. The highest BCUT2D eigenvalue weighted by Crippen LogP contribution is 2.18. The Morgan fingerprint density at radius 3 is 2.32 bits per heavy atom. The Morgan fingerprint density at radius 1 is 0.955 bits per heavy atom. The minimum atomic E-state index is -0.509. The van der Waals surface area contributed by atoms with E-state index >= 15 is 0 Å². The molecular formula is C19H17NO2. The second-order valence-electron chi connectivity index (χ2n) is 5.31. The summed E-state index contributed by atoms with van der Waals surface area (Å²) < 4.78 is 0. The summed E-state index contributed by atoms with van der Waals surface area (Å²) in [4.78, 5) is 12.3. The Balaban J connectivity index is 1.80. The molecule has 0 radical (unpaired) electrons. The van der Waals surface area contributed by atoms with Gasteiger partial charge in [0.15, 0.2) is 0 Å². The van der Waals surface area contributed by atoms with Gasteiger partial charge in [-0.1, -0.05) is 42.5 Å². The lowest BCUT2D eigenvalue weighted by Gasteiger charge is -2.08. The fourth-order valence-corrected chi connectivity index (χ4v) is 2.38. The van der Waals surface area contributed by atoms with E-state index in [1.165, 1.54) is 0 Å². The van der Waals surface area contributed by atoms with Crippen molar-refractivity contribution < 1.29 is 9.90 Å². The van der Waals surface area contributed by atoms with Crippen molar-refractivity contribution in [3.8, 4) is 0 Å². The first-order valence-electron chi connectivity index (χ1n) is 7.22. The summed E-state index contributed by atoms with van der Waals surface area (Å²) in [6.45, 7) is 1.71. The molecule has 3 aromatic carbocycles. The van der Waals surface area contributed by atoms with Gasteiger partial charge in [-0.2, -0.15) is 0 Å². The van der Waals surface area contributed by atoms with E-state index in [0.717, 1.165) is 16.3 Å². The zero-order valence-corrected chi connectivity index (χ0v) is 12.3. The number of carbonyl (C=O) groups is 1. The van der Waals surface area contributed by atoms with Gasteiger partial charge in [-0.15, -0.1) is 0 Å². The minimum absolute atomic E-state index is 0.143. The van der Waals surface area contributed by atoms with Crippen molar-refractivity contribution in [2.24, 2.45) is 0 Å². The van der Waals surface area contributed by atoms with Crippen LogP contribution in [-0.4, -0.2) is 11.0 Å².